The van der Waals surface area contributed by atoms with Crippen LogP contribution in [0.5, 0.6) is 0 Å². The maximum atomic E-state index is 6.02. The van der Waals surface area contributed by atoms with Gasteiger partial charge in [0.05, 0.1) is 10.0 Å². The van der Waals surface area contributed by atoms with Crippen molar-refractivity contribution in [2.45, 2.75) is 25.3 Å². The van der Waals surface area contributed by atoms with Gasteiger partial charge < -0.3 is 5.32 Å². The third-order valence-electron chi connectivity index (χ3n) is 2.42. The van der Waals surface area contributed by atoms with Crippen molar-refractivity contribution in [3.05, 3.63) is 34.5 Å². The summed E-state index contributed by atoms with van der Waals surface area (Å²) in [7, 11) is 0. The zero-order valence-corrected chi connectivity index (χ0v) is 9.72. The number of nitrogens with zero attached hydrogens (tertiary/aromatic N) is 1. The molecule has 2 rings (SSSR count). The maximum Gasteiger partial charge on any atom is 0.145 e. The Bertz CT molecular complexity index is 377. The second kappa shape index (κ2) is 4.86. The van der Waals surface area contributed by atoms with Gasteiger partial charge in [0.1, 0.15) is 5.82 Å². The highest BCUT2D eigenvalue weighted by molar-refractivity contribution is 6.35. The minimum atomic E-state index is 0.432. The van der Waals surface area contributed by atoms with E-state index in [9.17, 15) is 0 Å². The molecule has 1 aromatic heterocycles. The molecule has 0 saturated carbocycles. The molecule has 15 heavy (non-hydrogen) atoms. The molecule has 0 amide bonds. The van der Waals surface area contributed by atoms with E-state index in [-0.39, 0.29) is 0 Å². The van der Waals surface area contributed by atoms with Crippen molar-refractivity contribution in [3.63, 3.8) is 0 Å². The molecule has 1 aromatic rings. The monoisotopic (exact) mass is 242 g/mol. The highest BCUT2D eigenvalue weighted by atomic mass is 35.5. The van der Waals surface area contributed by atoms with Crippen LogP contribution >= 0.6 is 23.2 Å². The SMILES string of the molecule is Clc1cnc(NC2CC=CCC2)c(Cl)c1. The highest BCUT2D eigenvalue weighted by Crippen LogP contribution is 2.25. The topological polar surface area (TPSA) is 24.9 Å². The second-order valence-corrected chi connectivity index (χ2v) is 4.45. The molecule has 80 valence electrons. The quantitative estimate of drug-likeness (QED) is 0.796. The van der Waals surface area contributed by atoms with Crippen molar-refractivity contribution >= 4 is 29.0 Å². The summed E-state index contributed by atoms with van der Waals surface area (Å²) in [6.45, 7) is 0. The molecule has 1 aliphatic rings. The first-order chi connectivity index (χ1) is 7.25. The van der Waals surface area contributed by atoms with Gasteiger partial charge in [-0.1, -0.05) is 35.4 Å². The number of anilines is 1. The van der Waals surface area contributed by atoms with Crippen LogP contribution in [-0.4, -0.2) is 11.0 Å². The van der Waals surface area contributed by atoms with Gasteiger partial charge in [-0.2, -0.15) is 0 Å². The fourth-order valence-corrected chi connectivity index (χ4v) is 2.07. The molecule has 4 heteroatoms. The zero-order valence-electron chi connectivity index (χ0n) is 8.21. The number of nitrogens with one attached hydrogen (secondary N) is 1. The molecule has 1 aliphatic carbocycles. The van der Waals surface area contributed by atoms with Gasteiger partial charge >= 0.3 is 0 Å². The molecule has 1 heterocycles. The number of aromatic nitrogens is 1. The van der Waals surface area contributed by atoms with Gasteiger partial charge in [-0.15, -0.1) is 0 Å². The summed E-state index contributed by atoms with van der Waals surface area (Å²) in [4.78, 5) is 4.17. The van der Waals surface area contributed by atoms with Gasteiger partial charge in [0.2, 0.25) is 0 Å². The van der Waals surface area contributed by atoms with E-state index in [4.69, 9.17) is 23.2 Å². The molecule has 1 atom stereocenters. The first kappa shape index (κ1) is 10.8. The molecule has 1 unspecified atom stereocenters. The molecule has 0 aliphatic heterocycles. The lowest BCUT2D eigenvalue weighted by molar-refractivity contribution is 0.642. The van der Waals surface area contributed by atoms with Crippen molar-refractivity contribution < 1.29 is 0 Å². The first-order valence-corrected chi connectivity index (χ1v) is 5.74. The molecule has 2 nitrogen and oxygen atoms in total. The van der Waals surface area contributed by atoms with E-state index in [1.54, 1.807) is 12.3 Å². The lowest BCUT2D eigenvalue weighted by Crippen LogP contribution is -2.21. The minimum Gasteiger partial charge on any atom is -0.366 e. The summed E-state index contributed by atoms with van der Waals surface area (Å²) < 4.78 is 0. The Hall–Kier alpha value is -0.730. The molecule has 0 aromatic carbocycles. The summed E-state index contributed by atoms with van der Waals surface area (Å²) >= 11 is 11.8. The van der Waals surface area contributed by atoms with Gasteiger partial charge in [-0.3, -0.25) is 0 Å². The standard InChI is InChI=1S/C11H12Cl2N2/c12-8-6-10(13)11(14-7-8)15-9-4-2-1-3-5-9/h1-2,6-7,9H,3-5H2,(H,14,15). The van der Waals surface area contributed by atoms with Crippen LogP contribution < -0.4 is 5.32 Å². The van der Waals surface area contributed by atoms with Gasteiger partial charge in [0, 0.05) is 12.2 Å². The van der Waals surface area contributed by atoms with Crippen molar-refractivity contribution in [2.24, 2.45) is 0 Å². The summed E-state index contributed by atoms with van der Waals surface area (Å²) in [6, 6.07) is 2.14. The van der Waals surface area contributed by atoms with Crippen molar-refractivity contribution in [2.75, 3.05) is 5.32 Å². The van der Waals surface area contributed by atoms with Gasteiger partial charge in [0.15, 0.2) is 0 Å². The minimum absolute atomic E-state index is 0.432. The molecular formula is C11H12Cl2N2. The smallest absolute Gasteiger partial charge is 0.145 e. The Morgan fingerprint density at radius 3 is 2.87 bits per heavy atom. The van der Waals surface area contributed by atoms with Gasteiger partial charge in [-0.25, -0.2) is 4.98 Å². The summed E-state index contributed by atoms with van der Waals surface area (Å²) in [5.74, 6) is 0.723. The average Bonchev–Trinajstić information content (AvgIpc) is 2.24. The summed E-state index contributed by atoms with van der Waals surface area (Å²) in [5.41, 5.74) is 0. The van der Waals surface area contributed by atoms with Crippen LogP contribution in [0.2, 0.25) is 10.0 Å². The molecular weight excluding hydrogens is 231 g/mol. The summed E-state index contributed by atoms with van der Waals surface area (Å²) in [6.07, 6.45) is 9.26. The molecule has 0 bridgehead atoms. The van der Waals surface area contributed by atoms with Crippen molar-refractivity contribution in [1.82, 2.24) is 4.98 Å². The maximum absolute atomic E-state index is 6.02. The largest absolute Gasteiger partial charge is 0.366 e. The van der Waals surface area contributed by atoms with Gasteiger partial charge in [-0.05, 0) is 25.3 Å². The number of hydrogen-bond donors (Lipinski definition) is 1. The van der Waals surface area contributed by atoms with E-state index >= 15 is 0 Å². The van der Waals surface area contributed by atoms with E-state index in [2.05, 4.69) is 22.5 Å². The first-order valence-electron chi connectivity index (χ1n) is 4.98. The van der Waals surface area contributed by atoms with Crippen LogP contribution in [0.4, 0.5) is 5.82 Å². The number of allylic oxidation sites excluding steroid dienone is 1. The van der Waals surface area contributed by atoms with E-state index in [1.165, 1.54) is 0 Å². The van der Waals surface area contributed by atoms with E-state index < -0.39 is 0 Å². The Labute approximate surface area is 99.3 Å². The van der Waals surface area contributed by atoms with Crippen LogP contribution in [0.3, 0.4) is 0 Å². The fraction of sp³-hybridized carbons (Fsp3) is 0.364. The third-order valence-corrected chi connectivity index (χ3v) is 2.91. The molecule has 0 saturated heterocycles. The average molecular weight is 243 g/mol. The Morgan fingerprint density at radius 1 is 1.33 bits per heavy atom. The van der Waals surface area contributed by atoms with Crippen LogP contribution in [0.1, 0.15) is 19.3 Å². The fourth-order valence-electron chi connectivity index (χ4n) is 1.64. The molecule has 1 N–H and O–H groups in total. The lowest BCUT2D eigenvalue weighted by Gasteiger charge is -2.20. The number of halogens is 2. The predicted octanol–water partition coefficient (Wildman–Crippen LogP) is 3.91. The van der Waals surface area contributed by atoms with E-state index in [0.29, 0.717) is 16.1 Å². The van der Waals surface area contributed by atoms with E-state index in [0.717, 1.165) is 25.1 Å². The Morgan fingerprint density at radius 2 is 2.20 bits per heavy atom. The second-order valence-electron chi connectivity index (χ2n) is 3.61. The number of hydrogen-bond acceptors (Lipinski definition) is 2. The number of pyridine rings is 1. The molecule has 0 radical (unpaired) electrons. The Kier molecular flexibility index (Phi) is 3.49. The molecule has 0 fully saturated rings. The van der Waals surface area contributed by atoms with Gasteiger partial charge in [0.25, 0.3) is 0 Å². The van der Waals surface area contributed by atoms with Crippen molar-refractivity contribution in [3.8, 4) is 0 Å². The van der Waals surface area contributed by atoms with Crippen molar-refractivity contribution in [1.29, 1.82) is 0 Å². The van der Waals surface area contributed by atoms with E-state index in [1.807, 2.05) is 0 Å². The van der Waals surface area contributed by atoms with Crippen LogP contribution in [0, 0.1) is 0 Å². The zero-order chi connectivity index (χ0) is 10.7. The predicted molar refractivity (Wildman–Crippen MR) is 64.7 cm³/mol. The summed E-state index contributed by atoms with van der Waals surface area (Å²) in [5, 5.41) is 4.47. The van der Waals surface area contributed by atoms with Crippen LogP contribution in [0.15, 0.2) is 24.4 Å². The Balaban J connectivity index is 2.06. The normalized spacial score (nSPS) is 20.3. The lowest BCUT2D eigenvalue weighted by atomic mass is 10.0. The van der Waals surface area contributed by atoms with Crippen LogP contribution in [-0.2, 0) is 0 Å². The highest BCUT2D eigenvalue weighted by Gasteiger charge is 2.11. The molecule has 0 spiro atoms. The third kappa shape index (κ3) is 2.86. The number of rotatable bonds is 2. The van der Waals surface area contributed by atoms with Crippen LogP contribution in [0.25, 0.3) is 0 Å².